The van der Waals surface area contributed by atoms with Crippen molar-refractivity contribution in [1.29, 1.82) is 0 Å². The van der Waals surface area contributed by atoms with Gasteiger partial charge in [-0.2, -0.15) is 0 Å². The number of nitrogens with zero attached hydrogens (tertiary/aromatic N) is 2. The standard InChI is InChI=1S/C23H36N4O4/c1-27-9-13-29-20(16-27)15-25-23(24-8-2-10-28-17-18-4-5-18)26-19-6-7-21-22(14-19)31-12-3-11-30-21/h6-7,14,18,20H,2-5,8-13,15-17H2,1H3,(H2,24,25,26). The van der Waals surface area contributed by atoms with Gasteiger partial charge < -0.3 is 34.5 Å². The average molecular weight is 433 g/mol. The van der Waals surface area contributed by atoms with Crippen molar-refractivity contribution in [3.8, 4) is 11.5 Å². The number of hydrogen-bond donors (Lipinski definition) is 2. The van der Waals surface area contributed by atoms with Gasteiger partial charge in [0.05, 0.1) is 32.5 Å². The number of morpholine rings is 1. The third kappa shape index (κ3) is 7.55. The largest absolute Gasteiger partial charge is 0.490 e. The van der Waals surface area contributed by atoms with Crippen molar-refractivity contribution in [2.75, 3.05) is 71.6 Å². The van der Waals surface area contributed by atoms with Crippen LogP contribution in [0.15, 0.2) is 23.2 Å². The van der Waals surface area contributed by atoms with Gasteiger partial charge in [-0.1, -0.05) is 0 Å². The summed E-state index contributed by atoms with van der Waals surface area (Å²) in [5.41, 5.74) is 0.919. The zero-order valence-corrected chi connectivity index (χ0v) is 18.6. The fourth-order valence-corrected chi connectivity index (χ4v) is 3.60. The normalized spacial score (nSPS) is 22.1. The molecule has 2 N–H and O–H groups in total. The van der Waals surface area contributed by atoms with Crippen LogP contribution in [0.3, 0.4) is 0 Å². The molecule has 4 rings (SSSR count). The predicted molar refractivity (Wildman–Crippen MR) is 121 cm³/mol. The van der Waals surface area contributed by atoms with Crippen molar-refractivity contribution in [2.45, 2.75) is 31.8 Å². The highest BCUT2D eigenvalue weighted by Crippen LogP contribution is 2.32. The van der Waals surface area contributed by atoms with E-state index in [1.165, 1.54) is 12.8 Å². The van der Waals surface area contributed by atoms with Crippen molar-refractivity contribution in [2.24, 2.45) is 10.9 Å². The molecule has 0 amide bonds. The fraction of sp³-hybridized carbons (Fsp3) is 0.696. The van der Waals surface area contributed by atoms with Gasteiger partial charge in [-0.05, 0) is 44.4 Å². The minimum Gasteiger partial charge on any atom is -0.490 e. The quantitative estimate of drug-likeness (QED) is 0.352. The van der Waals surface area contributed by atoms with E-state index in [-0.39, 0.29) is 6.10 Å². The molecule has 0 bridgehead atoms. The fourth-order valence-electron chi connectivity index (χ4n) is 3.60. The van der Waals surface area contributed by atoms with Crippen LogP contribution in [-0.4, -0.2) is 83.2 Å². The Bertz CT molecular complexity index is 726. The van der Waals surface area contributed by atoms with Crippen LogP contribution in [0.4, 0.5) is 5.69 Å². The number of nitrogens with one attached hydrogen (secondary N) is 2. The van der Waals surface area contributed by atoms with Gasteiger partial charge >= 0.3 is 0 Å². The SMILES string of the molecule is CN1CCOC(CN=C(NCCCOCC2CC2)Nc2ccc3c(c2)OCCCO3)C1. The molecule has 2 aliphatic heterocycles. The van der Waals surface area contributed by atoms with Crippen LogP contribution < -0.4 is 20.1 Å². The Morgan fingerprint density at radius 1 is 1.19 bits per heavy atom. The van der Waals surface area contributed by atoms with Gasteiger partial charge in [0.2, 0.25) is 0 Å². The number of aliphatic imine (C=N–C) groups is 1. The van der Waals surface area contributed by atoms with Crippen LogP contribution in [0.5, 0.6) is 11.5 Å². The van der Waals surface area contributed by atoms with Gasteiger partial charge in [0.25, 0.3) is 0 Å². The number of anilines is 1. The summed E-state index contributed by atoms with van der Waals surface area (Å²) in [5, 5.41) is 6.85. The van der Waals surface area contributed by atoms with Crippen molar-refractivity contribution in [3.63, 3.8) is 0 Å². The van der Waals surface area contributed by atoms with E-state index < -0.39 is 0 Å². The third-order valence-electron chi connectivity index (χ3n) is 5.61. The highest BCUT2D eigenvalue weighted by Gasteiger charge is 2.21. The van der Waals surface area contributed by atoms with Crippen LogP contribution >= 0.6 is 0 Å². The lowest BCUT2D eigenvalue weighted by molar-refractivity contribution is -0.0136. The summed E-state index contributed by atoms with van der Waals surface area (Å²) in [6.07, 6.45) is 4.60. The lowest BCUT2D eigenvalue weighted by Crippen LogP contribution is -2.42. The van der Waals surface area contributed by atoms with Crippen LogP contribution in [0.2, 0.25) is 0 Å². The number of benzene rings is 1. The van der Waals surface area contributed by atoms with Crippen LogP contribution in [0.25, 0.3) is 0 Å². The summed E-state index contributed by atoms with van der Waals surface area (Å²) in [5.74, 6) is 3.11. The first kappa shape index (κ1) is 22.2. The maximum Gasteiger partial charge on any atom is 0.195 e. The minimum atomic E-state index is 0.114. The summed E-state index contributed by atoms with van der Waals surface area (Å²) < 4.78 is 23.2. The Morgan fingerprint density at radius 3 is 2.90 bits per heavy atom. The van der Waals surface area contributed by atoms with Gasteiger partial charge in [0, 0.05) is 51.0 Å². The second kappa shape index (κ2) is 11.5. The molecular weight excluding hydrogens is 396 g/mol. The zero-order chi connectivity index (χ0) is 21.3. The van der Waals surface area contributed by atoms with E-state index in [0.717, 1.165) is 81.4 Å². The second-order valence-electron chi connectivity index (χ2n) is 8.58. The molecule has 0 radical (unpaired) electrons. The van der Waals surface area contributed by atoms with E-state index in [4.69, 9.17) is 23.9 Å². The first-order valence-corrected chi connectivity index (χ1v) is 11.6. The maximum atomic E-state index is 5.86. The molecule has 0 spiro atoms. The number of guanidine groups is 1. The Hall–Kier alpha value is -2.03. The highest BCUT2D eigenvalue weighted by atomic mass is 16.5. The molecule has 8 heteroatoms. The van der Waals surface area contributed by atoms with Gasteiger partial charge in [0.1, 0.15) is 0 Å². The minimum absolute atomic E-state index is 0.114. The van der Waals surface area contributed by atoms with Gasteiger partial charge in [-0.25, -0.2) is 0 Å². The van der Waals surface area contributed by atoms with E-state index in [0.29, 0.717) is 19.8 Å². The Balaban J connectivity index is 1.32. The van der Waals surface area contributed by atoms with E-state index in [1.807, 2.05) is 18.2 Å². The molecule has 1 saturated heterocycles. The molecule has 2 heterocycles. The van der Waals surface area contributed by atoms with Gasteiger partial charge in [-0.3, -0.25) is 4.99 Å². The topological polar surface area (TPSA) is 76.6 Å². The average Bonchev–Trinajstić information content (AvgIpc) is 3.61. The molecule has 1 aromatic rings. The molecule has 1 unspecified atom stereocenters. The molecule has 0 aromatic heterocycles. The molecule has 2 fully saturated rings. The molecular formula is C23H36N4O4. The van der Waals surface area contributed by atoms with Gasteiger partial charge in [0.15, 0.2) is 17.5 Å². The number of likely N-dealkylation sites (N-methyl/N-ethyl adjacent to an activating group) is 1. The second-order valence-corrected chi connectivity index (χ2v) is 8.58. The molecule has 1 atom stereocenters. The first-order chi connectivity index (χ1) is 15.3. The first-order valence-electron chi connectivity index (χ1n) is 11.6. The number of fused-ring (bicyclic) bond motifs is 1. The van der Waals surface area contributed by atoms with Gasteiger partial charge in [-0.15, -0.1) is 0 Å². The monoisotopic (exact) mass is 432 g/mol. The third-order valence-corrected chi connectivity index (χ3v) is 5.61. The van der Waals surface area contributed by atoms with Crippen LogP contribution in [0, 0.1) is 5.92 Å². The van der Waals surface area contributed by atoms with E-state index >= 15 is 0 Å². The number of ether oxygens (including phenoxy) is 4. The number of hydrogen-bond acceptors (Lipinski definition) is 6. The van der Waals surface area contributed by atoms with Crippen molar-refractivity contribution in [3.05, 3.63) is 18.2 Å². The predicted octanol–water partition coefficient (Wildman–Crippen LogP) is 2.35. The Labute approximate surface area is 185 Å². The molecule has 1 aromatic carbocycles. The summed E-state index contributed by atoms with van der Waals surface area (Å²) in [7, 11) is 2.12. The summed E-state index contributed by atoms with van der Waals surface area (Å²) in [6.45, 7) is 7.08. The van der Waals surface area contributed by atoms with Crippen LogP contribution in [0.1, 0.15) is 25.7 Å². The Morgan fingerprint density at radius 2 is 2.06 bits per heavy atom. The van der Waals surface area contributed by atoms with Crippen molar-refractivity contribution in [1.82, 2.24) is 10.2 Å². The summed E-state index contributed by atoms with van der Waals surface area (Å²) >= 11 is 0. The molecule has 31 heavy (non-hydrogen) atoms. The highest BCUT2D eigenvalue weighted by molar-refractivity contribution is 5.94. The van der Waals surface area contributed by atoms with Crippen molar-refractivity contribution < 1.29 is 18.9 Å². The molecule has 1 saturated carbocycles. The Kier molecular flexibility index (Phi) is 8.26. The smallest absolute Gasteiger partial charge is 0.195 e. The molecule has 1 aliphatic carbocycles. The molecule has 8 nitrogen and oxygen atoms in total. The number of rotatable bonds is 9. The van der Waals surface area contributed by atoms with Crippen LogP contribution in [-0.2, 0) is 9.47 Å². The lowest BCUT2D eigenvalue weighted by atomic mass is 10.2. The summed E-state index contributed by atoms with van der Waals surface area (Å²) in [6, 6.07) is 5.92. The zero-order valence-electron chi connectivity index (χ0n) is 18.6. The molecule has 3 aliphatic rings. The van der Waals surface area contributed by atoms with E-state index in [2.05, 4.69) is 22.6 Å². The summed E-state index contributed by atoms with van der Waals surface area (Å²) in [4.78, 5) is 7.08. The van der Waals surface area contributed by atoms with E-state index in [9.17, 15) is 0 Å². The van der Waals surface area contributed by atoms with E-state index in [1.54, 1.807) is 0 Å². The van der Waals surface area contributed by atoms with Crippen molar-refractivity contribution >= 4 is 11.6 Å². The lowest BCUT2D eigenvalue weighted by Gasteiger charge is -2.29. The maximum absolute atomic E-state index is 5.86. The molecule has 172 valence electrons.